The van der Waals surface area contributed by atoms with Gasteiger partial charge in [-0.25, -0.2) is 14.2 Å². The zero-order valence-corrected chi connectivity index (χ0v) is 16.5. The van der Waals surface area contributed by atoms with Crippen molar-refractivity contribution in [3.63, 3.8) is 0 Å². The standard InChI is InChI=1S/C22H20N4OS/c1-15-10-12-18(13-11-15)28(27)26-22-21(23-17-7-5-6-16(2)14-17)24-19-8-3-4-9-20(19)25-22/h3-14H,1-2H3,(H,23,24)(H,25,26). The van der Waals surface area contributed by atoms with Crippen molar-refractivity contribution in [1.29, 1.82) is 0 Å². The van der Waals surface area contributed by atoms with Crippen LogP contribution in [0.4, 0.5) is 17.3 Å². The van der Waals surface area contributed by atoms with Gasteiger partial charge in [-0.1, -0.05) is 42.0 Å². The quantitative estimate of drug-likeness (QED) is 0.498. The molecular weight excluding hydrogens is 368 g/mol. The average molecular weight is 388 g/mol. The van der Waals surface area contributed by atoms with Gasteiger partial charge in [0.25, 0.3) is 0 Å². The summed E-state index contributed by atoms with van der Waals surface area (Å²) in [6.07, 6.45) is 0. The zero-order chi connectivity index (χ0) is 19.5. The lowest BCUT2D eigenvalue weighted by atomic mass is 10.2. The second kappa shape index (κ2) is 7.78. The molecule has 0 radical (unpaired) electrons. The number of anilines is 3. The minimum atomic E-state index is -1.45. The molecule has 0 aliphatic heterocycles. The number of aromatic nitrogens is 2. The van der Waals surface area contributed by atoms with Crippen LogP contribution in [0.25, 0.3) is 11.0 Å². The van der Waals surface area contributed by atoms with Crippen molar-refractivity contribution in [2.24, 2.45) is 0 Å². The topological polar surface area (TPSA) is 66.9 Å². The van der Waals surface area contributed by atoms with E-state index in [1.807, 2.05) is 86.6 Å². The van der Waals surface area contributed by atoms with E-state index in [9.17, 15) is 4.21 Å². The Morgan fingerprint density at radius 1 is 0.750 bits per heavy atom. The molecule has 0 amide bonds. The molecule has 2 N–H and O–H groups in total. The Hall–Kier alpha value is -3.25. The molecule has 0 aliphatic carbocycles. The fourth-order valence-electron chi connectivity index (χ4n) is 2.83. The van der Waals surface area contributed by atoms with Crippen LogP contribution in [-0.4, -0.2) is 14.2 Å². The molecule has 28 heavy (non-hydrogen) atoms. The van der Waals surface area contributed by atoms with Crippen LogP contribution in [0.15, 0.2) is 77.7 Å². The van der Waals surface area contributed by atoms with Crippen molar-refractivity contribution in [3.8, 4) is 0 Å². The van der Waals surface area contributed by atoms with Crippen molar-refractivity contribution in [2.75, 3.05) is 10.0 Å². The normalized spacial score (nSPS) is 11.9. The largest absolute Gasteiger partial charge is 0.337 e. The van der Waals surface area contributed by atoms with Crippen LogP contribution in [0.2, 0.25) is 0 Å². The van der Waals surface area contributed by atoms with Gasteiger partial charge < -0.3 is 5.32 Å². The molecule has 0 saturated heterocycles. The van der Waals surface area contributed by atoms with E-state index in [0.717, 1.165) is 27.8 Å². The Morgan fingerprint density at radius 3 is 2.11 bits per heavy atom. The summed E-state index contributed by atoms with van der Waals surface area (Å²) in [5, 5.41) is 3.30. The summed E-state index contributed by atoms with van der Waals surface area (Å²) in [7, 11) is -1.45. The lowest BCUT2D eigenvalue weighted by Crippen LogP contribution is -2.10. The molecule has 3 aromatic carbocycles. The molecule has 5 nitrogen and oxygen atoms in total. The maximum Gasteiger partial charge on any atom is 0.182 e. The first-order chi connectivity index (χ1) is 13.6. The van der Waals surface area contributed by atoms with E-state index >= 15 is 0 Å². The highest BCUT2D eigenvalue weighted by Crippen LogP contribution is 2.26. The molecule has 0 spiro atoms. The van der Waals surface area contributed by atoms with Crippen molar-refractivity contribution >= 4 is 39.3 Å². The third-order valence-electron chi connectivity index (χ3n) is 4.28. The Balaban J connectivity index is 1.72. The van der Waals surface area contributed by atoms with E-state index in [1.165, 1.54) is 0 Å². The summed E-state index contributed by atoms with van der Waals surface area (Å²) in [6.45, 7) is 4.03. The minimum absolute atomic E-state index is 0.444. The molecule has 4 aromatic rings. The zero-order valence-electron chi connectivity index (χ0n) is 15.6. The molecule has 140 valence electrons. The van der Waals surface area contributed by atoms with Crippen LogP contribution in [0.1, 0.15) is 11.1 Å². The van der Waals surface area contributed by atoms with Crippen LogP contribution in [0.3, 0.4) is 0 Å². The SMILES string of the molecule is Cc1ccc(S(=O)Nc2nc3ccccc3nc2Nc2cccc(C)c2)cc1. The number of rotatable bonds is 5. The summed E-state index contributed by atoms with van der Waals surface area (Å²) >= 11 is 0. The Bertz CT molecular complexity index is 1160. The molecule has 1 atom stereocenters. The molecule has 0 fully saturated rings. The molecule has 0 bridgehead atoms. The highest BCUT2D eigenvalue weighted by atomic mass is 32.2. The van der Waals surface area contributed by atoms with E-state index in [4.69, 9.17) is 4.98 Å². The van der Waals surface area contributed by atoms with Gasteiger partial charge in [0.2, 0.25) is 0 Å². The molecule has 1 unspecified atom stereocenters. The number of aryl methyl sites for hydroxylation is 2. The summed E-state index contributed by atoms with van der Waals surface area (Å²) in [4.78, 5) is 10.0. The molecule has 0 saturated carbocycles. The van der Waals surface area contributed by atoms with Gasteiger partial charge in [-0.2, -0.15) is 0 Å². The van der Waals surface area contributed by atoms with Crippen LogP contribution in [0.5, 0.6) is 0 Å². The minimum Gasteiger partial charge on any atom is -0.337 e. The van der Waals surface area contributed by atoms with E-state index in [1.54, 1.807) is 0 Å². The number of hydrogen-bond acceptors (Lipinski definition) is 4. The maximum absolute atomic E-state index is 12.8. The predicted molar refractivity (Wildman–Crippen MR) is 115 cm³/mol. The van der Waals surface area contributed by atoms with Crippen LogP contribution < -0.4 is 10.0 Å². The second-order valence-corrected chi connectivity index (χ2v) is 7.80. The Labute approximate surface area is 166 Å². The van der Waals surface area contributed by atoms with Crippen molar-refractivity contribution < 1.29 is 4.21 Å². The van der Waals surface area contributed by atoms with Gasteiger partial charge in [0.05, 0.1) is 15.9 Å². The first-order valence-electron chi connectivity index (χ1n) is 8.94. The summed E-state index contributed by atoms with van der Waals surface area (Å²) < 4.78 is 15.8. The molecule has 1 aromatic heterocycles. The second-order valence-electron chi connectivity index (χ2n) is 6.59. The Kier molecular flexibility index (Phi) is 5.04. The lowest BCUT2D eigenvalue weighted by Gasteiger charge is -2.13. The van der Waals surface area contributed by atoms with Crippen molar-refractivity contribution in [2.45, 2.75) is 18.7 Å². The first kappa shape index (κ1) is 18.1. The highest BCUT2D eigenvalue weighted by molar-refractivity contribution is 7.86. The monoisotopic (exact) mass is 388 g/mol. The number of nitrogens with one attached hydrogen (secondary N) is 2. The van der Waals surface area contributed by atoms with Crippen LogP contribution in [-0.2, 0) is 11.0 Å². The summed E-state index contributed by atoms with van der Waals surface area (Å²) in [6, 6.07) is 23.2. The van der Waals surface area contributed by atoms with Crippen LogP contribution in [0, 0.1) is 13.8 Å². The third kappa shape index (κ3) is 4.02. The van der Waals surface area contributed by atoms with Gasteiger partial charge in [-0.05, 0) is 55.8 Å². The van der Waals surface area contributed by atoms with Gasteiger partial charge in [-0.3, -0.25) is 4.72 Å². The lowest BCUT2D eigenvalue weighted by molar-refractivity contribution is 0.686. The number of hydrogen-bond donors (Lipinski definition) is 2. The molecular formula is C22H20N4OS. The number of nitrogens with zero attached hydrogens (tertiary/aromatic N) is 2. The van der Waals surface area contributed by atoms with Gasteiger partial charge in [0.1, 0.15) is 0 Å². The summed E-state index contributed by atoms with van der Waals surface area (Å²) in [5.41, 5.74) is 4.66. The van der Waals surface area contributed by atoms with E-state index in [-0.39, 0.29) is 0 Å². The highest BCUT2D eigenvalue weighted by Gasteiger charge is 2.13. The summed E-state index contributed by atoms with van der Waals surface area (Å²) in [5.74, 6) is 0.976. The number of para-hydroxylation sites is 2. The average Bonchev–Trinajstić information content (AvgIpc) is 2.69. The smallest absolute Gasteiger partial charge is 0.182 e. The van der Waals surface area contributed by atoms with E-state index < -0.39 is 11.0 Å². The third-order valence-corrected chi connectivity index (χ3v) is 5.35. The maximum atomic E-state index is 12.8. The molecule has 0 aliphatic rings. The van der Waals surface area contributed by atoms with Crippen molar-refractivity contribution in [3.05, 3.63) is 83.9 Å². The Morgan fingerprint density at radius 2 is 1.43 bits per heavy atom. The van der Waals surface area contributed by atoms with Crippen LogP contribution >= 0.6 is 0 Å². The van der Waals surface area contributed by atoms with E-state index in [0.29, 0.717) is 16.5 Å². The molecule has 6 heteroatoms. The predicted octanol–water partition coefficient (Wildman–Crippen LogP) is 5.12. The van der Waals surface area contributed by atoms with E-state index in [2.05, 4.69) is 15.0 Å². The first-order valence-corrected chi connectivity index (χ1v) is 10.1. The van der Waals surface area contributed by atoms with Gasteiger partial charge in [-0.15, -0.1) is 0 Å². The fraction of sp³-hybridized carbons (Fsp3) is 0.0909. The van der Waals surface area contributed by atoms with Gasteiger partial charge >= 0.3 is 0 Å². The van der Waals surface area contributed by atoms with Gasteiger partial charge in [0.15, 0.2) is 22.6 Å². The number of benzene rings is 3. The fourth-order valence-corrected chi connectivity index (χ4v) is 3.65. The van der Waals surface area contributed by atoms with Crippen molar-refractivity contribution in [1.82, 2.24) is 9.97 Å². The number of fused-ring (bicyclic) bond motifs is 1. The van der Waals surface area contributed by atoms with Gasteiger partial charge in [0, 0.05) is 5.69 Å². The molecule has 1 heterocycles. The molecule has 4 rings (SSSR count).